The number of nitrogens with zero attached hydrogens (tertiary/aromatic N) is 3. The van der Waals surface area contributed by atoms with Crippen molar-refractivity contribution in [3.05, 3.63) is 62.4 Å². The molecule has 0 aliphatic rings. The number of hydrogen-bond acceptors (Lipinski definition) is 5. The highest BCUT2D eigenvalue weighted by atomic mass is 32.1. The van der Waals surface area contributed by atoms with Gasteiger partial charge in [-0.2, -0.15) is 0 Å². The summed E-state index contributed by atoms with van der Waals surface area (Å²) in [5.41, 5.74) is 2.14. The van der Waals surface area contributed by atoms with Crippen LogP contribution in [-0.4, -0.2) is 19.9 Å². The van der Waals surface area contributed by atoms with E-state index in [2.05, 4.69) is 10.3 Å². The normalized spacial score (nSPS) is 11.2. The number of nitrogens with one attached hydrogen (secondary N) is 1. The van der Waals surface area contributed by atoms with E-state index in [0.29, 0.717) is 23.6 Å². The van der Waals surface area contributed by atoms with Crippen molar-refractivity contribution in [2.75, 3.05) is 5.32 Å². The van der Waals surface area contributed by atoms with Crippen molar-refractivity contribution in [1.82, 2.24) is 14.0 Å². The molecule has 0 saturated carbocycles. The number of anilines is 1. The van der Waals surface area contributed by atoms with Crippen molar-refractivity contribution < 1.29 is 9.18 Å². The lowest BCUT2D eigenvalue weighted by molar-refractivity contribution is -0.116. The lowest BCUT2D eigenvalue weighted by Crippen LogP contribution is -2.20. The summed E-state index contributed by atoms with van der Waals surface area (Å²) in [7, 11) is 0. The second kappa shape index (κ2) is 7.09. The molecular weight excluding hydrogens is 387 g/mol. The van der Waals surface area contributed by atoms with Crippen LogP contribution in [0.2, 0.25) is 0 Å². The molecule has 6 nitrogen and oxygen atoms in total. The zero-order chi connectivity index (χ0) is 19.0. The number of halogens is 1. The van der Waals surface area contributed by atoms with Gasteiger partial charge in [-0.15, -0.1) is 11.3 Å². The third kappa shape index (κ3) is 3.43. The summed E-state index contributed by atoms with van der Waals surface area (Å²) >= 11 is 2.57. The highest BCUT2D eigenvalue weighted by Gasteiger charge is 2.17. The smallest absolute Gasteiger partial charge is 0.307 e. The number of thiazole rings is 2. The van der Waals surface area contributed by atoms with Gasteiger partial charge in [0.1, 0.15) is 17.3 Å². The molecule has 0 unspecified atom stereocenters. The van der Waals surface area contributed by atoms with Crippen molar-refractivity contribution in [1.29, 1.82) is 0 Å². The Hall–Kier alpha value is -2.78. The summed E-state index contributed by atoms with van der Waals surface area (Å²) in [6.07, 6.45) is 1.99. The van der Waals surface area contributed by atoms with Gasteiger partial charge >= 0.3 is 4.87 Å². The number of carbonyl (C=O) groups is 1. The molecule has 0 aliphatic heterocycles. The molecule has 0 fully saturated rings. The Morgan fingerprint density at radius 1 is 1.26 bits per heavy atom. The largest absolute Gasteiger partial charge is 0.310 e. The van der Waals surface area contributed by atoms with E-state index in [4.69, 9.17) is 0 Å². The number of fused-ring (bicyclic) bond motifs is 1. The van der Waals surface area contributed by atoms with Gasteiger partial charge in [0.25, 0.3) is 0 Å². The van der Waals surface area contributed by atoms with E-state index < -0.39 is 0 Å². The number of amides is 1. The predicted molar refractivity (Wildman–Crippen MR) is 105 cm³/mol. The molecule has 138 valence electrons. The van der Waals surface area contributed by atoms with Gasteiger partial charge in [0, 0.05) is 41.2 Å². The van der Waals surface area contributed by atoms with Gasteiger partial charge in [-0.3, -0.25) is 14.0 Å². The summed E-state index contributed by atoms with van der Waals surface area (Å²) in [5.74, 6) is -0.0111. The minimum absolute atomic E-state index is 0.0723. The molecule has 0 atom stereocenters. The van der Waals surface area contributed by atoms with E-state index in [-0.39, 0.29) is 23.0 Å². The Morgan fingerprint density at radius 2 is 2.04 bits per heavy atom. The molecule has 3 aromatic heterocycles. The second-order valence-electron chi connectivity index (χ2n) is 5.96. The summed E-state index contributed by atoms with van der Waals surface area (Å²) in [5, 5.41) is 6.55. The minimum atomic E-state index is -0.332. The number of aromatic nitrogens is 3. The fraction of sp³-hybridized carbons (Fsp3) is 0.167. The molecular formula is C18H15FN4O2S2. The maximum atomic E-state index is 13.2. The Morgan fingerprint density at radius 3 is 2.74 bits per heavy atom. The minimum Gasteiger partial charge on any atom is -0.310 e. The van der Waals surface area contributed by atoms with Gasteiger partial charge in [-0.1, -0.05) is 11.3 Å². The maximum Gasteiger partial charge on any atom is 0.307 e. The zero-order valence-electron chi connectivity index (χ0n) is 14.3. The fourth-order valence-corrected chi connectivity index (χ4v) is 4.27. The van der Waals surface area contributed by atoms with Crippen LogP contribution < -0.4 is 10.2 Å². The number of imidazole rings is 1. The summed E-state index contributed by atoms with van der Waals surface area (Å²) in [4.78, 5) is 29.5. The van der Waals surface area contributed by atoms with Gasteiger partial charge in [0.15, 0.2) is 4.96 Å². The molecule has 3 heterocycles. The average Bonchev–Trinajstić information content (AvgIpc) is 3.31. The lowest BCUT2D eigenvalue weighted by atomic mass is 10.1. The van der Waals surface area contributed by atoms with Crippen LogP contribution >= 0.6 is 22.7 Å². The summed E-state index contributed by atoms with van der Waals surface area (Å²) in [6.45, 7) is 2.16. The van der Waals surface area contributed by atoms with Crippen LogP contribution in [-0.2, 0) is 11.3 Å². The van der Waals surface area contributed by atoms with Crippen molar-refractivity contribution in [3.8, 4) is 11.3 Å². The van der Waals surface area contributed by atoms with Gasteiger partial charge in [-0.05, 0) is 31.2 Å². The number of benzene rings is 1. The van der Waals surface area contributed by atoms with Crippen LogP contribution in [0.15, 0.2) is 46.0 Å². The molecule has 0 bridgehead atoms. The van der Waals surface area contributed by atoms with Crippen LogP contribution in [0, 0.1) is 12.7 Å². The van der Waals surface area contributed by atoms with E-state index in [9.17, 15) is 14.0 Å². The van der Waals surface area contributed by atoms with E-state index in [0.717, 1.165) is 22.0 Å². The number of rotatable bonds is 5. The lowest BCUT2D eigenvalue weighted by Gasteiger charge is -2.08. The highest BCUT2D eigenvalue weighted by molar-refractivity contribution is 7.15. The van der Waals surface area contributed by atoms with Crippen LogP contribution in [0.1, 0.15) is 12.1 Å². The van der Waals surface area contributed by atoms with Crippen molar-refractivity contribution in [2.45, 2.75) is 19.9 Å². The van der Waals surface area contributed by atoms with E-state index in [1.165, 1.54) is 23.5 Å². The molecule has 1 amide bonds. The molecule has 4 rings (SSSR count). The van der Waals surface area contributed by atoms with Crippen LogP contribution in [0.3, 0.4) is 0 Å². The number of carbonyl (C=O) groups excluding carboxylic acids is 1. The monoisotopic (exact) mass is 402 g/mol. The van der Waals surface area contributed by atoms with Gasteiger partial charge in [0.2, 0.25) is 5.91 Å². The van der Waals surface area contributed by atoms with Gasteiger partial charge in [-0.25, -0.2) is 9.37 Å². The molecule has 9 heteroatoms. The molecule has 27 heavy (non-hydrogen) atoms. The average molecular weight is 402 g/mol. The first-order chi connectivity index (χ1) is 13.0. The van der Waals surface area contributed by atoms with Crippen LogP contribution in [0.4, 0.5) is 10.2 Å². The molecule has 1 N–H and O–H groups in total. The van der Waals surface area contributed by atoms with E-state index in [1.807, 2.05) is 18.5 Å². The Balaban J connectivity index is 1.60. The second-order valence-corrected chi connectivity index (χ2v) is 7.66. The third-order valence-corrected chi connectivity index (χ3v) is 5.81. The van der Waals surface area contributed by atoms with E-state index in [1.54, 1.807) is 26.5 Å². The van der Waals surface area contributed by atoms with E-state index >= 15 is 0 Å². The molecule has 1 aromatic carbocycles. The van der Waals surface area contributed by atoms with Crippen LogP contribution in [0.25, 0.3) is 16.2 Å². The quantitative estimate of drug-likeness (QED) is 0.553. The Bertz CT molecular complexity index is 1170. The zero-order valence-corrected chi connectivity index (χ0v) is 15.9. The number of hydrogen-bond donors (Lipinski definition) is 1. The molecule has 0 saturated heterocycles. The molecule has 0 radical (unpaired) electrons. The van der Waals surface area contributed by atoms with Crippen LogP contribution in [0.5, 0.6) is 0 Å². The molecule has 0 aliphatic carbocycles. The Kier molecular flexibility index (Phi) is 4.63. The standard InChI is InChI=1S/C18H15FN4O2S2/c1-11-10-27-18(25)22(11)7-6-14(24)20-16-15(12-2-4-13(19)5-3-12)21-17-23(16)8-9-26-17/h2-5,8-10H,6-7H2,1H3,(H,20,24). The molecule has 4 aromatic rings. The highest BCUT2D eigenvalue weighted by Crippen LogP contribution is 2.31. The Labute approximate surface area is 161 Å². The molecule has 0 spiro atoms. The first-order valence-corrected chi connectivity index (χ1v) is 9.95. The predicted octanol–water partition coefficient (Wildman–Crippen LogP) is 3.76. The maximum absolute atomic E-state index is 13.2. The SMILES string of the molecule is Cc1csc(=O)n1CCC(=O)Nc1c(-c2ccc(F)cc2)nc2sccn12. The van der Waals surface area contributed by atoms with Gasteiger partial charge < -0.3 is 9.88 Å². The number of aryl methyl sites for hydroxylation is 1. The summed E-state index contributed by atoms with van der Waals surface area (Å²) < 4.78 is 16.6. The van der Waals surface area contributed by atoms with Crippen molar-refractivity contribution in [2.24, 2.45) is 0 Å². The van der Waals surface area contributed by atoms with Gasteiger partial charge in [0.05, 0.1) is 0 Å². The summed E-state index contributed by atoms with van der Waals surface area (Å²) in [6, 6.07) is 5.98. The van der Waals surface area contributed by atoms with Crippen molar-refractivity contribution >= 4 is 39.4 Å². The first kappa shape index (κ1) is 17.6. The topological polar surface area (TPSA) is 68.4 Å². The fourth-order valence-electron chi connectivity index (χ4n) is 2.80. The third-order valence-electron chi connectivity index (χ3n) is 4.18. The first-order valence-electron chi connectivity index (χ1n) is 8.19. The van der Waals surface area contributed by atoms with Crippen molar-refractivity contribution in [3.63, 3.8) is 0 Å².